The summed E-state index contributed by atoms with van der Waals surface area (Å²) in [5.74, 6) is -0.646. The number of halogens is 1. The lowest BCUT2D eigenvalue weighted by molar-refractivity contribution is -0.141. The summed E-state index contributed by atoms with van der Waals surface area (Å²) in [5, 5.41) is 5.26. The van der Waals surface area contributed by atoms with Gasteiger partial charge in [0.25, 0.3) is 0 Å². The van der Waals surface area contributed by atoms with E-state index in [2.05, 4.69) is 23.5 Å². The van der Waals surface area contributed by atoms with Gasteiger partial charge in [-0.05, 0) is 59.9 Å². The predicted molar refractivity (Wildman–Crippen MR) is 146 cm³/mol. The topological polar surface area (TPSA) is 49.4 Å². The molecule has 4 nitrogen and oxygen atoms in total. The zero-order valence-electron chi connectivity index (χ0n) is 21.4. The molecule has 1 N–H and O–H groups in total. The van der Waals surface area contributed by atoms with Gasteiger partial charge in [-0.1, -0.05) is 84.9 Å². The zero-order chi connectivity index (χ0) is 26.2. The number of carbonyl (C=O) groups is 2. The lowest BCUT2D eigenvalue weighted by Gasteiger charge is -2.32. The molecule has 4 rings (SSSR count). The van der Waals surface area contributed by atoms with Gasteiger partial charge in [-0.15, -0.1) is 0 Å². The molecule has 0 spiro atoms. The summed E-state index contributed by atoms with van der Waals surface area (Å²) in [5.41, 5.74) is 2.84. The van der Waals surface area contributed by atoms with E-state index in [1.54, 1.807) is 17.0 Å². The average molecular weight is 497 g/mol. The maximum atomic E-state index is 13.8. The summed E-state index contributed by atoms with van der Waals surface area (Å²) in [6, 6.07) is 29.3. The summed E-state index contributed by atoms with van der Waals surface area (Å²) in [7, 11) is 0. The normalized spacial score (nSPS) is 11.9. The monoisotopic (exact) mass is 496 g/mol. The maximum Gasteiger partial charge on any atom is 0.243 e. The van der Waals surface area contributed by atoms with Crippen LogP contribution in [0.25, 0.3) is 10.8 Å². The van der Waals surface area contributed by atoms with Gasteiger partial charge in [-0.3, -0.25) is 9.59 Å². The van der Waals surface area contributed by atoms with Crippen LogP contribution < -0.4 is 5.32 Å². The summed E-state index contributed by atoms with van der Waals surface area (Å²) >= 11 is 0. The quantitative estimate of drug-likeness (QED) is 0.289. The summed E-state index contributed by atoms with van der Waals surface area (Å²) in [6.07, 6.45) is 1.21. The number of amides is 2. The second kappa shape index (κ2) is 12.3. The van der Waals surface area contributed by atoms with E-state index in [0.29, 0.717) is 12.8 Å². The van der Waals surface area contributed by atoms with Crippen LogP contribution in [-0.4, -0.2) is 28.8 Å². The molecule has 0 heterocycles. The molecule has 0 radical (unpaired) electrons. The third-order valence-corrected chi connectivity index (χ3v) is 6.46. The molecule has 1 unspecified atom stereocenters. The van der Waals surface area contributed by atoms with Crippen LogP contribution in [0.5, 0.6) is 0 Å². The molecule has 190 valence electrons. The van der Waals surface area contributed by atoms with Crippen molar-refractivity contribution < 1.29 is 14.0 Å². The Morgan fingerprint density at radius 2 is 1.49 bits per heavy atom. The van der Waals surface area contributed by atoms with Gasteiger partial charge in [0.05, 0.1) is 0 Å². The van der Waals surface area contributed by atoms with E-state index in [9.17, 15) is 14.0 Å². The van der Waals surface area contributed by atoms with Gasteiger partial charge in [0.15, 0.2) is 0 Å². The Balaban J connectivity index is 1.64. The molecular formula is C32H33FN2O2. The molecule has 0 aliphatic carbocycles. The third kappa shape index (κ3) is 7.04. The van der Waals surface area contributed by atoms with Gasteiger partial charge in [-0.25, -0.2) is 4.39 Å². The standard InChI is InChI=1S/C32H33FN2O2/c1-23(2)34-32(37)30(21-24-9-4-3-5-10-24)35(22-25-15-18-28(33)19-16-25)31(36)20-17-27-13-8-12-26-11-6-7-14-29(26)27/h3-16,18-19,23,30H,17,20-22H2,1-2H3,(H,34,37). The van der Waals surface area contributed by atoms with Crippen LogP contribution in [-0.2, 0) is 29.0 Å². The fourth-order valence-electron chi connectivity index (χ4n) is 4.62. The maximum absolute atomic E-state index is 13.8. The van der Waals surface area contributed by atoms with Crippen LogP contribution in [0.3, 0.4) is 0 Å². The van der Waals surface area contributed by atoms with Crippen molar-refractivity contribution in [3.05, 3.63) is 120 Å². The van der Waals surface area contributed by atoms with E-state index < -0.39 is 6.04 Å². The molecule has 1 atom stereocenters. The van der Waals surface area contributed by atoms with Crippen LogP contribution in [0, 0.1) is 5.82 Å². The number of carbonyl (C=O) groups excluding carboxylic acids is 2. The Morgan fingerprint density at radius 3 is 2.22 bits per heavy atom. The molecule has 2 amide bonds. The van der Waals surface area contributed by atoms with Gasteiger partial charge in [-0.2, -0.15) is 0 Å². The van der Waals surface area contributed by atoms with Gasteiger partial charge in [0.2, 0.25) is 11.8 Å². The summed E-state index contributed by atoms with van der Waals surface area (Å²) in [6.45, 7) is 4.03. The number of hydrogen-bond acceptors (Lipinski definition) is 2. The largest absolute Gasteiger partial charge is 0.352 e. The minimum Gasteiger partial charge on any atom is -0.352 e. The highest BCUT2D eigenvalue weighted by Gasteiger charge is 2.30. The van der Waals surface area contributed by atoms with Gasteiger partial charge < -0.3 is 10.2 Å². The fraction of sp³-hybridized carbons (Fsp3) is 0.250. The number of nitrogens with one attached hydrogen (secondary N) is 1. The van der Waals surface area contributed by atoms with E-state index >= 15 is 0 Å². The highest BCUT2D eigenvalue weighted by Crippen LogP contribution is 2.22. The van der Waals surface area contributed by atoms with Crippen LogP contribution >= 0.6 is 0 Å². The van der Waals surface area contributed by atoms with E-state index in [1.165, 1.54) is 12.1 Å². The number of aryl methyl sites for hydroxylation is 1. The number of hydrogen-bond donors (Lipinski definition) is 1. The molecule has 0 aliphatic rings. The Morgan fingerprint density at radius 1 is 0.811 bits per heavy atom. The van der Waals surface area contributed by atoms with Crippen molar-refractivity contribution in [3.63, 3.8) is 0 Å². The summed E-state index contributed by atoms with van der Waals surface area (Å²) in [4.78, 5) is 28.9. The second-order valence-corrected chi connectivity index (χ2v) is 9.66. The molecule has 0 aliphatic heterocycles. The fourth-order valence-corrected chi connectivity index (χ4v) is 4.62. The minimum absolute atomic E-state index is 0.0655. The Kier molecular flexibility index (Phi) is 8.68. The third-order valence-electron chi connectivity index (χ3n) is 6.46. The van der Waals surface area contributed by atoms with Crippen molar-refractivity contribution in [1.82, 2.24) is 10.2 Å². The van der Waals surface area contributed by atoms with Crippen molar-refractivity contribution >= 4 is 22.6 Å². The Labute approximate surface area is 218 Å². The molecule has 5 heteroatoms. The van der Waals surface area contributed by atoms with Crippen LogP contribution in [0.1, 0.15) is 37.0 Å². The van der Waals surface area contributed by atoms with E-state index in [4.69, 9.17) is 0 Å². The lowest BCUT2D eigenvalue weighted by atomic mass is 9.99. The van der Waals surface area contributed by atoms with Crippen LogP contribution in [0.4, 0.5) is 4.39 Å². The lowest BCUT2D eigenvalue weighted by Crippen LogP contribution is -2.51. The highest BCUT2D eigenvalue weighted by atomic mass is 19.1. The number of benzene rings is 4. The van der Waals surface area contributed by atoms with E-state index in [-0.39, 0.29) is 36.6 Å². The van der Waals surface area contributed by atoms with E-state index in [0.717, 1.165) is 27.5 Å². The van der Waals surface area contributed by atoms with Gasteiger partial charge >= 0.3 is 0 Å². The van der Waals surface area contributed by atoms with Crippen molar-refractivity contribution in [2.75, 3.05) is 0 Å². The molecule has 0 fully saturated rings. The first kappa shape index (κ1) is 26.1. The highest BCUT2D eigenvalue weighted by molar-refractivity contribution is 5.89. The van der Waals surface area contributed by atoms with Crippen molar-refractivity contribution in [2.24, 2.45) is 0 Å². The van der Waals surface area contributed by atoms with Crippen LogP contribution in [0.15, 0.2) is 97.1 Å². The molecule has 4 aromatic rings. The molecule has 0 saturated carbocycles. The molecule has 0 saturated heterocycles. The van der Waals surface area contributed by atoms with Gasteiger partial charge in [0.1, 0.15) is 11.9 Å². The average Bonchev–Trinajstić information content (AvgIpc) is 2.90. The van der Waals surface area contributed by atoms with Crippen molar-refractivity contribution in [3.8, 4) is 0 Å². The zero-order valence-corrected chi connectivity index (χ0v) is 21.4. The second-order valence-electron chi connectivity index (χ2n) is 9.66. The number of rotatable bonds is 10. The Bertz CT molecular complexity index is 1330. The number of nitrogens with zero attached hydrogens (tertiary/aromatic N) is 1. The van der Waals surface area contributed by atoms with E-state index in [1.807, 2.05) is 68.4 Å². The Hall–Kier alpha value is -3.99. The smallest absolute Gasteiger partial charge is 0.243 e. The molecule has 37 heavy (non-hydrogen) atoms. The molecule has 0 aromatic heterocycles. The first-order valence-corrected chi connectivity index (χ1v) is 12.8. The summed E-state index contributed by atoms with van der Waals surface area (Å²) < 4.78 is 13.6. The minimum atomic E-state index is -0.699. The van der Waals surface area contributed by atoms with Crippen molar-refractivity contribution in [1.29, 1.82) is 0 Å². The predicted octanol–water partition coefficient (Wildman–Crippen LogP) is 6.08. The SMILES string of the molecule is CC(C)NC(=O)C(Cc1ccccc1)N(Cc1ccc(F)cc1)C(=O)CCc1cccc2ccccc12. The number of fused-ring (bicyclic) bond motifs is 1. The van der Waals surface area contributed by atoms with Crippen molar-refractivity contribution in [2.45, 2.75) is 51.7 Å². The molecule has 4 aromatic carbocycles. The van der Waals surface area contributed by atoms with Crippen LogP contribution in [0.2, 0.25) is 0 Å². The molecule has 0 bridgehead atoms. The first-order valence-electron chi connectivity index (χ1n) is 12.8. The molecular weight excluding hydrogens is 463 g/mol. The first-order chi connectivity index (χ1) is 17.9. The van der Waals surface area contributed by atoms with Gasteiger partial charge in [0, 0.05) is 25.4 Å².